The number of hydrogen-bond donors (Lipinski definition) is 1. The third kappa shape index (κ3) is 4.62. The number of benzene rings is 2. The van der Waals surface area contributed by atoms with Gasteiger partial charge in [0, 0.05) is 23.8 Å². The Balaban J connectivity index is 1.74. The fourth-order valence-corrected chi connectivity index (χ4v) is 3.17. The van der Waals surface area contributed by atoms with Gasteiger partial charge >= 0.3 is 0 Å². The van der Waals surface area contributed by atoms with Crippen LogP contribution in [0.4, 0.5) is 11.4 Å². The quantitative estimate of drug-likeness (QED) is 0.533. The molecule has 0 radical (unpaired) electrons. The molecule has 3 rings (SSSR count). The number of nitrogens with one attached hydrogen (secondary N) is 1. The predicted octanol–water partition coefficient (Wildman–Crippen LogP) is 4.39. The molecule has 1 N–H and O–H groups in total. The lowest BCUT2D eigenvalue weighted by Gasteiger charge is -2.20. The number of anilines is 2. The van der Waals surface area contributed by atoms with Crippen LogP contribution in [-0.2, 0) is 9.59 Å². The summed E-state index contributed by atoms with van der Waals surface area (Å²) in [5.74, 6) is -0.0940. The van der Waals surface area contributed by atoms with E-state index in [4.69, 9.17) is 0 Å². The van der Waals surface area contributed by atoms with Crippen molar-refractivity contribution >= 4 is 45.2 Å². The Morgan fingerprint density at radius 2 is 1.71 bits per heavy atom. The van der Waals surface area contributed by atoms with Gasteiger partial charge in [-0.25, -0.2) is 5.01 Å². The first kappa shape index (κ1) is 20.1. The van der Waals surface area contributed by atoms with E-state index in [0.717, 1.165) is 28.7 Å². The highest BCUT2D eigenvalue weighted by molar-refractivity contribution is 9.10. The van der Waals surface area contributed by atoms with Crippen molar-refractivity contribution < 1.29 is 9.59 Å². The molecule has 0 saturated carbocycles. The SMILES string of the molecule is CC(C)CCN(C)c1ccc(/C=C2/C(=O)NN(c3ccc(Br)cc3)C2=O)cc1. The van der Waals surface area contributed by atoms with Crippen molar-refractivity contribution in [2.75, 3.05) is 23.5 Å². The maximum atomic E-state index is 12.7. The average molecular weight is 442 g/mol. The van der Waals surface area contributed by atoms with Crippen molar-refractivity contribution in [2.24, 2.45) is 5.92 Å². The summed E-state index contributed by atoms with van der Waals surface area (Å²) >= 11 is 3.36. The van der Waals surface area contributed by atoms with Crippen molar-refractivity contribution in [1.82, 2.24) is 5.43 Å². The van der Waals surface area contributed by atoms with E-state index in [0.29, 0.717) is 11.6 Å². The minimum Gasteiger partial charge on any atom is -0.375 e. The maximum absolute atomic E-state index is 12.7. The Hall–Kier alpha value is -2.60. The van der Waals surface area contributed by atoms with Gasteiger partial charge in [0.2, 0.25) is 0 Å². The van der Waals surface area contributed by atoms with Crippen LogP contribution >= 0.6 is 15.9 Å². The van der Waals surface area contributed by atoms with E-state index in [2.05, 4.69) is 47.2 Å². The monoisotopic (exact) mass is 441 g/mol. The van der Waals surface area contributed by atoms with Gasteiger partial charge in [-0.15, -0.1) is 0 Å². The molecule has 5 nitrogen and oxygen atoms in total. The molecule has 2 aromatic rings. The number of amides is 2. The summed E-state index contributed by atoms with van der Waals surface area (Å²) in [5, 5.41) is 1.27. The Kier molecular flexibility index (Phi) is 6.19. The van der Waals surface area contributed by atoms with E-state index in [1.807, 2.05) is 36.4 Å². The molecule has 1 aliphatic rings. The smallest absolute Gasteiger partial charge is 0.282 e. The minimum atomic E-state index is -0.397. The third-order valence-corrected chi connectivity index (χ3v) is 5.19. The third-order valence-electron chi connectivity index (χ3n) is 4.66. The van der Waals surface area contributed by atoms with E-state index in [1.165, 1.54) is 5.01 Å². The zero-order chi connectivity index (χ0) is 20.3. The summed E-state index contributed by atoms with van der Waals surface area (Å²) in [5.41, 5.74) is 5.30. The average Bonchev–Trinajstić information content (AvgIpc) is 2.95. The van der Waals surface area contributed by atoms with Crippen LogP contribution in [0.5, 0.6) is 0 Å². The van der Waals surface area contributed by atoms with Crippen LogP contribution in [0.3, 0.4) is 0 Å². The molecule has 0 unspecified atom stereocenters. The molecule has 6 heteroatoms. The molecular formula is C22H24BrN3O2. The summed E-state index contributed by atoms with van der Waals surface area (Å²) in [7, 11) is 2.07. The Morgan fingerprint density at radius 1 is 1.07 bits per heavy atom. The topological polar surface area (TPSA) is 52.7 Å². The zero-order valence-corrected chi connectivity index (χ0v) is 17.9. The summed E-state index contributed by atoms with van der Waals surface area (Å²) < 4.78 is 0.906. The minimum absolute atomic E-state index is 0.129. The van der Waals surface area contributed by atoms with Gasteiger partial charge in [0.1, 0.15) is 5.57 Å². The lowest BCUT2D eigenvalue weighted by molar-refractivity contribution is -0.117. The second-order valence-electron chi connectivity index (χ2n) is 7.31. The van der Waals surface area contributed by atoms with Gasteiger partial charge in [-0.1, -0.05) is 41.9 Å². The molecular weight excluding hydrogens is 418 g/mol. The van der Waals surface area contributed by atoms with Crippen LogP contribution in [-0.4, -0.2) is 25.4 Å². The molecule has 2 amide bonds. The van der Waals surface area contributed by atoms with Crippen molar-refractivity contribution in [3.05, 3.63) is 64.1 Å². The maximum Gasteiger partial charge on any atom is 0.282 e. The summed E-state index contributed by atoms with van der Waals surface area (Å²) in [6.45, 7) is 5.41. The van der Waals surface area contributed by atoms with Crippen LogP contribution in [0.1, 0.15) is 25.8 Å². The van der Waals surface area contributed by atoms with Gasteiger partial charge in [-0.2, -0.15) is 0 Å². The second-order valence-corrected chi connectivity index (χ2v) is 8.23. The zero-order valence-electron chi connectivity index (χ0n) is 16.3. The number of carbonyl (C=O) groups excluding carboxylic acids is 2. The normalized spacial score (nSPS) is 15.5. The number of nitrogens with zero attached hydrogens (tertiary/aromatic N) is 2. The summed E-state index contributed by atoms with van der Waals surface area (Å²) in [6.07, 6.45) is 2.76. The number of rotatable bonds is 6. The molecule has 1 fully saturated rings. The summed E-state index contributed by atoms with van der Waals surface area (Å²) in [4.78, 5) is 27.2. The van der Waals surface area contributed by atoms with Crippen molar-refractivity contribution in [3.8, 4) is 0 Å². The number of halogens is 1. The van der Waals surface area contributed by atoms with E-state index >= 15 is 0 Å². The second kappa shape index (κ2) is 8.61. The van der Waals surface area contributed by atoms with Gasteiger partial charge in [0.15, 0.2) is 0 Å². The van der Waals surface area contributed by atoms with Crippen molar-refractivity contribution in [3.63, 3.8) is 0 Å². The largest absolute Gasteiger partial charge is 0.375 e. The van der Waals surface area contributed by atoms with E-state index in [9.17, 15) is 9.59 Å². The van der Waals surface area contributed by atoms with Crippen LogP contribution in [0, 0.1) is 5.92 Å². The Bertz CT molecular complexity index is 889. The van der Waals surface area contributed by atoms with Gasteiger partial charge < -0.3 is 4.90 Å². The van der Waals surface area contributed by atoms with Gasteiger partial charge in [0.25, 0.3) is 11.8 Å². The molecule has 2 aromatic carbocycles. The predicted molar refractivity (Wildman–Crippen MR) is 117 cm³/mol. The first-order chi connectivity index (χ1) is 13.3. The Morgan fingerprint density at radius 3 is 2.32 bits per heavy atom. The van der Waals surface area contributed by atoms with Gasteiger partial charge in [-0.3, -0.25) is 15.0 Å². The highest BCUT2D eigenvalue weighted by atomic mass is 79.9. The van der Waals surface area contributed by atoms with E-state index in [1.54, 1.807) is 18.2 Å². The fraction of sp³-hybridized carbons (Fsp3) is 0.273. The molecule has 1 saturated heterocycles. The lowest BCUT2D eigenvalue weighted by atomic mass is 10.1. The molecule has 0 aliphatic carbocycles. The molecule has 28 heavy (non-hydrogen) atoms. The van der Waals surface area contributed by atoms with Crippen molar-refractivity contribution in [2.45, 2.75) is 20.3 Å². The van der Waals surface area contributed by atoms with Crippen LogP contribution < -0.4 is 15.3 Å². The number of hydrogen-bond acceptors (Lipinski definition) is 3. The van der Waals surface area contributed by atoms with E-state index in [-0.39, 0.29) is 11.5 Å². The first-order valence-electron chi connectivity index (χ1n) is 9.29. The molecule has 146 valence electrons. The van der Waals surface area contributed by atoms with Crippen LogP contribution in [0.25, 0.3) is 6.08 Å². The van der Waals surface area contributed by atoms with Gasteiger partial charge in [-0.05, 0) is 60.4 Å². The molecule has 0 aromatic heterocycles. The number of carbonyl (C=O) groups is 2. The van der Waals surface area contributed by atoms with Crippen LogP contribution in [0.2, 0.25) is 0 Å². The lowest BCUT2D eigenvalue weighted by Crippen LogP contribution is -2.35. The molecule has 0 spiro atoms. The molecule has 1 heterocycles. The Labute approximate surface area is 174 Å². The van der Waals surface area contributed by atoms with Gasteiger partial charge in [0.05, 0.1) is 5.69 Å². The number of hydrazine groups is 1. The molecule has 1 aliphatic heterocycles. The standard InChI is InChI=1S/C22H24BrN3O2/c1-15(2)12-13-25(3)18-8-4-16(5-9-18)14-20-21(27)24-26(22(20)28)19-10-6-17(23)7-11-19/h4-11,14-15H,12-13H2,1-3H3,(H,24,27)/b20-14-. The highest BCUT2D eigenvalue weighted by Gasteiger charge is 2.34. The summed E-state index contributed by atoms with van der Waals surface area (Å²) in [6, 6.07) is 15.1. The molecule has 0 bridgehead atoms. The first-order valence-corrected chi connectivity index (χ1v) is 10.1. The fourth-order valence-electron chi connectivity index (χ4n) is 2.90. The van der Waals surface area contributed by atoms with Crippen molar-refractivity contribution in [1.29, 1.82) is 0 Å². The van der Waals surface area contributed by atoms with Crippen LogP contribution in [0.15, 0.2) is 58.6 Å². The highest BCUT2D eigenvalue weighted by Crippen LogP contribution is 2.24. The van der Waals surface area contributed by atoms with E-state index < -0.39 is 5.91 Å². The molecule has 0 atom stereocenters.